The Kier molecular flexibility index (Phi) is 24.5. The van der Waals surface area contributed by atoms with Crippen LogP contribution in [0.1, 0.15) is 6.92 Å². The molecule has 0 spiro atoms. The summed E-state index contributed by atoms with van der Waals surface area (Å²) in [5, 5.41) is 7.89. The minimum atomic E-state index is -0.935. The van der Waals surface area contributed by atoms with Gasteiger partial charge in [0.2, 0.25) is 0 Å². The van der Waals surface area contributed by atoms with E-state index in [4.69, 9.17) is 5.11 Å². The van der Waals surface area contributed by atoms with Gasteiger partial charge in [0.15, 0.2) is 0 Å². The Morgan fingerprint density at radius 3 is 1.42 bits per heavy atom. The molecule has 76 valence electrons. The van der Waals surface area contributed by atoms with Crippen LogP contribution in [0.4, 0.5) is 0 Å². The van der Waals surface area contributed by atoms with Crippen molar-refractivity contribution >= 4 is 18.4 Å². The molecule has 0 aromatic rings. The van der Waals surface area contributed by atoms with Gasteiger partial charge in [-0.15, -0.1) is 12.4 Å². The van der Waals surface area contributed by atoms with Gasteiger partial charge in [-0.1, -0.05) is 6.58 Å². The van der Waals surface area contributed by atoms with Crippen LogP contribution in [0.5, 0.6) is 0 Å². The van der Waals surface area contributed by atoms with Gasteiger partial charge >= 0.3 is 5.97 Å². The van der Waals surface area contributed by atoms with Crippen LogP contribution >= 0.6 is 12.4 Å². The molecule has 0 unspecified atom stereocenters. The van der Waals surface area contributed by atoms with E-state index in [1.54, 1.807) is 0 Å². The Labute approximate surface area is 80.2 Å². The van der Waals surface area contributed by atoms with Crippen LogP contribution in [0.25, 0.3) is 0 Å². The summed E-state index contributed by atoms with van der Waals surface area (Å²) in [5.41, 5.74) is 0.176. The molecule has 0 aliphatic heterocycles. The van der Waals surface area contributed by atoms with Crippen molar-refractivity contribution in [2.75, 3.05) is 21.1 Å². The average Bonchev–Trinajstić information content (AvgIpc) is 1.63. The standard InChI is InChI=1S/C4H6O2.C3H9N.ClH.H3N/c1-3(2)4(5)6;1-4(2)3;;/h1H2,2H3,(H,5,6);1-3H3;1H;1H3. The van der Waals surface area contributed by atoms with Gasteiger partial charge in [0.25, 0.3) is 0 Å². The fourth-order valence-corrected chi connectivity index (χ4v) is 0. The molecule has 0 heterocycles. The third-order valence-electron chi connectivity index (χ3n) is 0.365. The summed E-state index contributed by atoms with van der Waals surface area (Å²) in [6, 6.07) is 0. The summed E-state index contributed by atoms with van der Waals surface area (Å²) in [5.74, 6) is -0.935. The minimum absolute atomic E-state index is 0. The van der Waals surface area contributed by atoms with E-state index in [0.29, 0.717) is 0 Å². The highest BCUT2D eigenvalue weighted by Gasteiger charge is 1.90. The monoisotopic (exact) mass is 198 g/mol. The summed E-state index contributed by atoms with van der Waals surface area (Å²) < 4.78 is 0. The van der Waals surface area contributed by atoms with Crippen LogP contribution in [-0.4, -0.2) is 37.1 Å². The van der Waals surface area contributed by atoms with Gasteiger partial charge in [0.1, 0.15) is 0 Å². The number of carboxylic acid groups (broad SMARTS) is 1. The first kappa shape index (κ1) is 22.5. The summed E-state index contributed by atoms with van der Waals surface area (Å²) >= 11 is 0. The molecule has 0 saturated heterocycles. The Morgan fingerprint density at radius 2 is 1.42 bits per heavy atom. The number of nitrogens with zero attached hydrogens (tertiary/aromatic N) is 1. The largest absolute Gasteiger partial charge is 0.478 e. The van der Waals surface area contributed by atoms with Crippen LogP contribution in [0.3, 0.4) is 0 Å². The van der Waals surface area contributed by atoms with E-state index in [9.17, 15) is 4.79 Å². The highest BCUT2D eigenvalue weighted by Crippen LogP contribution is 1.81. The summed E-state index contributed by atoms with van der Waals surface area (Å²) in [4.78, 5) is 11.6. The van der Waals surface area contributed by atoms with Crippen LogP contribution in [0.2, 0.25) is 0 Å². The summed E-state index contributed by atoms with van der Waals surface area (Å²) in [7, 11) is 6.00. The Morgan fingerprint density at radius 1 is 1.33 bits per heavy atom. The highest BCUT2D eigenvalue weighted by atomic mass is 35.5. The minimum Gasteiger partial charge on any atom is -0.478 e. The zero-order chi connectivity index (χ0) is 8.73. The number of hydrogen-bond acceptors (Lipinski definition) is 3. The first-order valence-electron chi connectivity index (χ1n) is 2.87. The number of hydrogen-bond donors (Lipinski definition) is 2. The van der Waals surface area contributed by atoms with Crippen molar-refractivity contribution in [2.45, 2.75) is 6.92 Å². The number of rotatable bonds is 1. The molecule has 12 heavy (non-hydrogen) atoms. The highest BCUT2D eigenvalue weighted by molar-refractivity contribution is 5.85. The number of carbonyl (C=O) groups is 1. The molecular weight excluding hydrogens is 180 g/mol. The lowest BCUT2D eigenvalue weighted by Crippen LogP contribution is -1.99. The van der Waals surface area contributed by atoms with E-state index in [2.05, 4.69) is 6.58 Å². The molecule has 0 atom stereocenters. The van der Waals surface area contributed by atoms with E-state index in [0.717, 1.165) is 0 Å². The van der Waals surface area contributed by atoms with Crippen molar-refractivity contribution in [3.05, 3.63) is 12.2 Å². The number of carboxylic acids is 1. The molecule has 0 rings (SSSR count). The molecule has 0 fully saturated rings. The Balaban J connectivity index is -0.0000000483. The van der Waals surface area contributed by atoms with Crippen LogP contribution < -0.4 is 6.15 Å². The predicted molar refractivity (Wildman–Crippen MR) is 54.3 cm³/mol. The van der Waals surface area contributed by atoms with E-state index in [1.807, 2.05) is 26.0 Å². The van der Waals surface area contributed by atoms with Gasteiger partial charge in [0.05, 0.1) is 0 Å². The van der Waals surface area contributed by atoms with Gasteiger partial charge in [-0.2, -0.15) is 0 Å². The Hall–Kier alpha value is -0.580. The zero-order valence-electron chi connectivity index (χ0n) is 8.13. The van der Waals surface area contributed by atoms with E-state index >= 15 is 0 Å². The van der Waals surface area contributed by atoms with E-state index in [1.165, 1.54) is 6.92 Å². The molecule has 0 saturated carbocycles. The SMILES string of the molecule is C=C(C)C(=O)O.CN(C)C.Cl.N. The zero-order valence-corrected chi connectivity index (χ0v) is 8.94. The molecule has 0 amide bonds. The fraction of sp³-hybridized carbons (Fsp3) is 0.571. The second kappa shape index (κ2) is 13.0. The lowest BCUT2D eigenvalue weighted by Gasteiger charge is -1.90. The molecular formula is C7H19ClN2O2. The topological polar surface area (TPSA) is 75.5 Å². The molecule has 0 aliphatic rings. The third-order valence-corrected chi connectivity index (χ3v) is 0.365. The summed E-state index contributed by atoms with van der Waals surface area (Å²) in [6.45, 7) is 4.60. The maximum Gasteiger partial charge on any atom is 0.330 e. The van der Waals surface area contributed by atoms with Crippen LogP contribution in [0, 0.1) is 0 Å². The molecule has 0 radical (unpaired) electrons. The quantitative estimate of drug-likeness (QED) is 0.625. The smallest absolute Gasteiger partial charge is 0.330 e. The lowest BCUT2D eigenvalue weighted by molar-refractivity contribution is -0.132. The van der Waals surface area contributed by atoms with Crippen molar-refractivity contribution < 1.29 is 9.90 Å². The van der Waals surface area contributed by atoms with Gasteiger partial charge in [0, 0.05) is 5.57 Å². The first-order chi connectivity index (χ1) is 4.37. The molecule has 0 bridgehead atoms. The molecule has 4 nitrogen and oxygen atoms in total. The first-order valence-corrected chi connectivity index (χ1v) is 2.87. The van der Waals surface area contributed by atoms with Gasteiger partial charge in [-0.25, -0.2) is 4.79 Å². The third kappa shape index (κ3) is 57.1. The van der Waals surface area contributed by atoms with Gasteiger partial charge in [-0.05, 0) is 28.1 Å². The molecule has 5 heteroatoms. The summed E-state index contributed by atoms with van der Waals surface area (Å²) in [6.07, 6.45) is 0. The van der Waals surface area contributed by atoms with Crippen LogP contribution in [-0.2, 0) is 4.79 Å². The Bertz CT molecular complexity index is 112. The van der Waals surface area contributed by atoms with Gasteiger partial charge in [-0.3, -0.25) is 0 Å². The second-order valence-electron chi connectivity index (χ2n) is 2.43. The second-order valence-corrected chi connectivity index (χ2v) is 2.43. The molecule has 4 N–H and O–H groups in total. The maximum atomic E-state index is 9.60. The van der Waals surface area contributed by atoms with Crippen molar-refractivity contribution in [1.29, 1.82) is 0 Å². The van der Waals surface area contributed by atoms with Crippen molar-refractivity contribution in [2.24, 2.45) is 0 Å². The molecule has 0 aliphatic carbocycles. The maximum absolute atomic E-state index is 9.60. The fourth-order valence-electron chi connectivity index (χ4n) is 0. The van der Waals surface area contributed by atoms with E-state index in [-0.39, 0.29) is 24.1 Å². The van der Waals surface area contributed by atoms with E-state index < -0.39 is 5.97 Å². The average molecular weight is 199 g/mol. The van der Waals surface area contributed by atoms with Gasteiger partial charge < -0.3 is 16.2 Å². The predicted octanol–water partition coefficient (Wildman–Crippen LogP) is 1.41. The van der Waals surface area contributed by atoms with Crippen molar-refractivity contribution in [3.8, 4) is 0 Å². The molecule has 0 aromatic carbocycles. The number of halogens is 1. The van der Waals surface area contributed by atoms with Crippen LogP contribution in [0.15, 0.2) is 12.2 Å². The number of aliphatic carboxylic acids is 1. The normalized spacial score (nSPS) is 6.75. The van der Waals surface area contributed by atoms with Crippen molar-refractivity contribution in [3.63, 3.8) is 0 Å². The molecule has 0 aromatic heterocycles. The lowest BCUT2D eigenvalue weighted by atomic mass is 10.4. The van der Waals surface area contributed by atoms with Crippen molar-refractivity contribution in [1.82, 2.24) is 11.1 Å².